The Balaban J connectivity index is 2.46. The Kier molecular flexibility index (Phi) is 4.41. The molecule has 1 aromatic rings. The number of nitrogens with two attached hydrogens (primary N) is 1. The molecule has 0 spiro atoms. The van der Waals surface area contributed by atoms with Crippen LogP contribution in [0.3, 0.4) is 0 Å². The molecule has 0 saturated carbocycles. The lowest BCUT2D eigenvalue weighted by Crippen LogP contribution is -2.30. The number of aliphatic hydroxyl groups excluding tert-OH is 1. The number of aliphatic hydroxyl groups is 1. The highest BCUT2D eigenvalue weighted by atomic mass is 16.4. The number of carboxylic acid groups (broad SMARTS) is 1. The van der Waals surface area contributed by atoms with Crippen molar-refractivity contribution in [3.63, 3.8) is 0 Å². The van der Waals surface area contributed by atoms with Crippen molar-refractivity contribution in [2.45, 2.75) is 12.5 Å². The van der Waals surface area contributed by atoms with Crippen molar-refractivity contribution in [2.75, 3.05) is 12.3 Å². The molecule has 0 aliphatic heterocycles. The van der Waals surface area contributed by atoms with Crippen LogP contribution in [0.1, 0.15) is 16.9 Å². The summed E-state index contributed by atoms with van der Waals surface area (Å²) in [6.45, 7) is 0.0301. The molecule has 0 aromatic carbocycles. The highest BCUT2D eigenvalue weighted by Gasteiger charge is 2.14. The average molecular weight is 239 g/mol. The average Bonchev–Trinajstić information content (AvgIpc) is 2.29. The minimum absolute atomic E-state index is 0.0301. The molecule has 1 heterocycles. The molecule has 0 radical (unpaired) electrons. The van der Waals surface area contributed by atoms with E-state index in [9.17, 15) is 9.59 Å². The first-order valence-corrected chi connectivity index (χ1v) is 4.92. The van der Waals surface area contributed by atoms with E-state index in [1.165, 1.54) is 12.3 Å². The van der Waals surface area contributed by atoms with E-state index >= 15 is 0 Å². The third-order valence-corrected chi connectivity index (χ3v) is 2.04. The first-order chi connectivity index (χ1) is 8.02. The molecule has 1 aromatic heterocycles. The number of nitrogens with zero attached hydrogens (tertiary/aromatic N) is 1. The summed E-state index contributed by atoms with van der Waals surface area (Å²) in [7, 11) is 0. The maximum absolute atomic E-state index is 11.5. The number of nitrogens with one attached hydrogen (secondary N) is 1. The number of pyridine rings is 1. The lowest BCUT2D eigenvalue weighted by Gasteiger charge is -2.07. The molecule has 0 bridgehead atoms. The molecule has 0 fully saturated rings. The number of carboxylic acids is 1. The molecule has 1 amide bonds. The van der Waals surface area contributed by atoms with E-state index in [4.69, 9.17) is 15.9 Å². The molecular weight excluding hydrogens is 226 g/mol. The zero-order valence-electron chi connectivity index (χ0n) is 8.96. The summed E-state index contributed by atoms with van der Waals surface area (Å²) in [5.74, 6) is -1.82. The van der Waals surface area contributed by atoms with E-state index in [2.05, 4.69) is 10.3 Å². The Morgan fingerprint density at radius 3 is 2.82 bits per heavy atom. The van der Waals surface area contributed by atoms with Gasteiger partial charge in [-0.3, -0.25) is 4.79 Å². The van der Waals surface area contributed by atoms with Gasteiger partial charge in [-0.1, -0.05) is 0 Å². The number of aliphatic carboxylic acids is 1. The van der Waals surface area contributed by atoms with E-state index in [0.717, 1.165) is 0 Å². The Bertz CT molecular complexity index is 422. The molecule has 7 nitrogen and oxygen atoms in total. The van der Waals surface area contributed by atoms with Gasteiger partial charge in [0.25, 0.3) is 5.91 Å². The van der Waals surface area contributed by atoms with E-state index in [1.54, 1.807) is 6.07 Å². The van der Waals surface area contributed by atoms with E-state index < -0.39 is 18.0 Å². The number of hydrogen-bond donors (Lipinski definition) is 4. The van der Waals surface area contributed by atoms with Gasteiger partial charge < -0.3 is 21.3 Å². The Morgan fingerprint density at radius 1 is 1.53 bits per heavy atom. The number of carbonyl (C=O) groups is 2. The van der Waals surface area contributed by atoms with Crippen molar-refractivity contribution >= 4 is 17.6 Å². The van der Waals surface area contributed by atoms with Gasteiger partial charge in [-0.25, -0.2) is 9.78 Å². The largest absolute Gasteiger partial charge is 0.479 e. The number of carbonyl (C=O) groups excluding carboxylic acids is 1. The van der Waals surface area contributed by atoms with E-state index in [1.807, 2.05) is 0 Å². The van der Waals surface area contributed by atoms with Gasteiger partial charge in [-0.15, -0.1) is 0 Å². The lowest BCUT2D eigenvalue weighted by molar-refractivity contribution is -0.146. The van der Waals surface area contributed by atoms with Gasteiger partial charge in [0.15, 0.2) is 11.8 Å². The second kappa shape index (κ2) is 5.80. The highest BCUT2D eigenvalue weighted by Crippen LogP contribution is 2.06. The lowest BCUT2D eigenvalue weighted by atomic mass is 10.2. The fourth-order valence-corrected chi connectivity index (χ4v) is 1.14. The van der Waals surface area contributed by atoms with Gasteiger partial charge in [0, 0.05) is 19.2 Å². The molecule has 1 rings (SSSR count). The topological polar surface area (TPSA) is 126 Å². The quantitative estimate of drug-likeness (QED) is 0.534. The van der Waals surface area contributed by atoms with Crippen LogP contribution in [-0.2, 0) is 4.79 Å². The molecule has 92 valence electrons. The zero-order chi connectivity index (χ0) is 12.8. The maximum Gasteiger partial charge on any atom is 0.332 e. The van der Waals surface area contributed by atoms with Gasteiger partial charge in [-0.05, 0) is 12.1 Å². The smallest absolute Gasteiger partial charge is 0.332 e. The molecule has 0 aliphatic carbocycles. The first-order valence-electron chi connectivity index (χ1n) is 4.92. The van der Waals surface area contributed by atoms with Crippen molar-refractivity contribution in [1.29, 1.82) is 0 Å². The number of anilines is 1. The third-order valence-electron chi connectivity index (χ3n) is 2.04. The number of rotatable bonds is 5. The molecule has 5 N–H and O–H groups in total. The molecular formula is C10H13N3O4. The van der Waals surface area contributed by atoms with Gasteiger partial charge in [0.05, 0.1) is 5.69 Å². The Labute approximate surface area is 97.3 Å². The third kappa shape index (κ3) is 3.72. The molecule has 1 atom stereocenters. The van der Waals surface area contributed by atoms with Crippen LogP contribution in [0.5, 0.6) is 0 Å². The standard InChI is InChI=1S/C10H13N3O4/c11-6-2-1-4-12-8(6)9(15)13-5-3-7(14)10(16)17/h1-2,4,7,14H,3,5,11H2,(H,13,15)(H,16,17)/t7-/m0/s1. The highest BCUT2D eigenvalue weighted by molar-refractivity contribution is 5.96. The minimum Gasteiger partial charge on any atom is -0.479 e. The number of nitrogen functional groups attached to an aromatic ring is 1. The van der Waals surface area contributed by atoms with E-state index in [0.29, 0.717) is 0 Å². The SMILES string of the molecule is Nc1cccnc1C(=O)NCC[C@H](O)C(=O)O. The minimum atomic E-state index is -1.49. The summed E-state index contributed by atoms with van der Waals surface area (Å²) in [6, 6.07) is 3.13. The van der Waals surface area contributed by atoms with Crippen molar-refractivity contribution in [2.24, 2.45) is 0 Å². The molecule has 0 unspecified atom stereocenters. The fraction of sp³-hybridized carbons (Fsp3) is 0.300. The molecule has 0 aliphatic rings. The van der Waals surface area contributed by atoms with Crippen LogP contribution < -0.4 is 11.1 Å². The first kappa shape index (κ1) is 12.9. The summed E-state index contributed by atoms with van der Waals surface area (Å²) >= 11 is 0. The van der Waals surface area contributed by atoms with Crippen LogP contribution in [0.25, 0.3) is 0 Å². The summed E-state index contributed by atoms with van der Waals surface area (Å²) in [4.78, 5) is 25.6. The summed E-state index contributed by atoms with van der Waals surface area (Å²) in [5, 5.41) is 19.8. The van der Waals surface area contributed by atoms with E-state index in [-0.39, 0.29) is 24.3 Å². The molecule has 0 saturated heterocycles. The summed E-state index contributed by atoms with van der Waals surface area (Å²) in [5.41, 5.74) is 5.85. The van der Waals surface area contributed by atoms with Gasteiger partial charge in [0.1, 0.15) is 0 Å². The Morgan fingerprint density at radius 2 is 2.24 bits per heavy atom. The zero-order valence-corrected chi connectivity index (χ0v) is 8.96. The van der Waals surface area contributed by atoms with Crippen LogP contribution in [0, 0.1) is 0 Å². The summed E-state index contributed by atoms with van der Waals surface area (Å²) < 4.78 is 0. The van der Waals surface area contributed by atoms with Crippen molar-refractivity contribution in [1.82, 2.24) is 10.3 Å². The normalized spacial score (nSPS) is 11.8. The van der Waals surface area contributed by atoms with Crippen LogP contribution >= 0.6 is 0 Å². The molecule has 7 heteroatoms. The maximum atomic E-state index is 11.5. The van der Waals surface area contributed by atoms with Crippen LogP contribution in [0.2, 0.25) is 0 Å². The predicted molar refractivity (Wildman–Crippen MR) is 59.2 cm³/mol. The molecule has 17 heavy (non-hydrogen) atoms. The van der Waals surface area contributed by atoms with Gasteiger partial charge in [-0.2, -0.15) is 0 Å². The Hall–Kier alpha value is -2.15. The van der Waals surface area contributed by atoms with Gasteiger partial charge >= 0.3 is 5.97 Å². The second-order valence-corrected chi connectivity index (χ2v) is 3.34. The van der Waals surface area contributed by atoms with Crippen LogP contribution in [-0.4, -0.2) is 39.7 Å². The summed E-state index contributed by atoms with van der Waals surface area (Å²) in [6.07, 6.45) is -0.137. The van der Waals surface area contributed by atoms with Crippen LogP contribution in [0.15, 0.2) is 18.3 Å². The van der Waals surface area contributed by atoms with Gasteiger partial charge in [0.2, 0.25) is 0 Å². The number of aromatic nitrogens is 1. The number of amides is 1. The van der Waals surface area contributed by atoms with Crippen molar-refractivity contribution in [3.05, 3.63) is 24.0 Å². The number of hydrogen-bond acceptors (Lipinski definition) is 5. The predicted octanol–water partition coefficient (Wildman–Crippen LogP) is -0.771. The monoisotopic (exact) mass is 239 g/mol. The van der Waals surface area contributed by atoms with Crippen molar-refractivity contribution in [3.8, 4) is 0 Å². The van der Waals surface area contributed by atoms with Crippen molar-refractivity contribution < 1.29 is 19.8 Å². The second-order valence-electron chi connectivity index (χ2n) is 3.34. The fourth-order valence-electron chi connectivity index (χ4n) is 1.14. The van der Waals surface area contributed by atoms with Crippen LogP contribution in [0.4, 0.5) is 5.69 Å².